The Hall–Kier alpha value is -3.57. The molecule has 0 aliphatic carbocycles. The maximum atomic E-state index is 12.8. The summed E-state index contributed by atoms with van der Waals surface area (Å²) in [7, 11) is -1.83. The van der Waals surface area contributed by atoms with Crippen molar-refractivity contribution in [1.29, 1.82) is 0 Å². The number of ether oxygens (including phenoxy) is 1. The highest BCUT2D eigenvalue weighted by Crippen LogP contribution is 2.24. The highest BCUT2D eigenvalue weighted by molar-refractivity contribution is 7.89. The summed E-state index contributed by atoms with van der Waals surface area (Å²) in [6.07, 6.45) is 0.217. The molecule has 11 heteroatoms. The van der Waals surface area contributed by atoms with Crippen LogP contribution in [0.25, 0.3) is 11.0 Å². The van der Waals surface area contributed by atoms with E-state index in [0.717, 1.165) is 10.4 Å². The quantitative estimate of drug-likeness (QED) is 0.328. The lowest BCUT2D eigenvalue weighted by molar-refractivity contribution is -0.146. The lowest BCUT2D eigenvalue weighted by atomic mass is 10.1. The van der Waals surface area contributed by atoms with Crippen LogP contribution in [-0.4, -0.2) is 64.8 Å². The number of sulfonamides is 1. The second-order valence-electron chi connectivity index (χ2n) is 8.06. The number of amides is 2. The zero-order chi connectivity index (χ0) is 25.3. The Kier molecular flexibility index (Phi) is 6.73. The molecule has 0 saturated carbocycles. The van der Waals surface area contributed by atoms with Gasteiger partial charge in [-0.15, -0.1) is 0 Å². The summed E-state index contributed by atoms with van der Waals surface area (Å²) in [5, 5.41) is 0. The molecule has 0 bridgehead atoms. The summed E-state index contributed by atoms with van der Waals surface area (Å²) in [6.45, 7) is 3.85. The van der Waals surface area contributed by atoms with Crippen molar-refractivity contribution in [3.8, 4) is 0 Å². The minimum Gasteiger partial charge on any atom is -0.444 e. The van der Waals surface area contributed by atoms with Crippen LogP contribution in [0, 0.1) is 0 Å². The molecule has 0 N–H and O–H groups in total. The molecule has 2 heterocycles. The lowest BCUT2D eigenvalue weighted by Gasteiger charge is -2.18. The number of aromatic nitrogens is 2. The minimum atomic E-state index is -3.62. The fraction of sp³-hybridized carbons (Fsp3) is 0.333. The van der Waals surface area contributed by atoms with Crippen LogP contribution in [0.4, 0.5) is 0 Å². The van der Waals surface area contributed by atoms with E-state index in [-0.39, 0.29) is 28.9 Å². The average molecular weight is 499 g/mol. The maximum Gasteiger partial charge on any atom is 0.307 e. The van der Waals surface area contributed by atoms with Gasteiger partial charge in [-0.3, -0.25) is 14.4 Å². The number of carbonyl (C=O) groups excluding carboxylic acids is 3. The molecule has 1 aromatic heterocycles. The fourth-order valence-electron chi connectivity index (χ4n) is 4.11. The molecular weight excluding hydrogens is 472 g/mol. The second-order valence-corrected chi connectivity index (χ2v) is 9.99. The number of imide groups is 1. The number of benzene rings is 2. The summed E-state index contributed by atoms with van der Waals surface area (Å²) in [5.74, 6) is -0.998. The van der Waals surface area contributed by atoms with E-state index in [4.69, 9.17) is 4.74 Å². The number of imidazole rings is 1. The Balaban J connectivity index is 1.41. The van der Waals surface area contributed by atoms with E-state index in [1.54, 1.807) is 61.9 Å². The van der Waals surface area contributed by atoms with E-state index in [1.165, 1.54) is 10.4 Å². The molecule has 0 atom stereocenters. The summed E-state index contributed by atoms with van der Waals surface area (Å²) in [5.41, 5.74) is 1.82. The third kappa shape index (κ3) is 4.44. The summed E-state index contributed by atoms with van der Waals surface area (Å²) in [4.78, 5) is 42.6. The van der Waals surface area contributed by atoms with Crippen LogP contribution in [0.2, 0.25) is 0 Å². The Morgan fingerprint density at radius 3 is 2.26 bits per heavy atom. The summed E-state index contributed by atoms with van der Waals surface area (Å²) in [6, 6.07) is 11.2. The Morgan fingerprint density at radius 1 is 1.03 bits per heavy atom. The lowest BCUT2D eigenvalue weighted by Crippen LogP contribution is -2.33. The van der Waals surface area contributed by atoms with Crippen molar-refractivity contribution in [2.75, 3.05) is 19.8 Å². The van der Waals surface area contributed by atoms with Gasteiger partial charge in [0.15, 0.2) is 6.73 Å². The van der Waals surface area contributed by atoms with E-state index >= 15 is 0 Å². The first-order valence-electron chi connectivity index (χ1n) is 11.2. The van der Waals surface area contributed by atoms with Crippen LogP contribution in [-0.2, 0) is 33.0 Å². The van der Waals surface area contributed by atoms with Crippen molar-refractivity contribution >= 4 is 38.8 Å². The van der Waals surface area contributed by atoms with Crippen LogP contribution in [0.1, 0.15) is 46.8 Å². The smallest absolute Gasteiger partial charge is 0.307 e. The van der Waals surface area contributed by atoms with E-state index in [9.17, 15) is 22.8 Å². The largest absolute Gasteiger partial charge is 0.444 e. The molecule has 0 spiro atoms. The minimum absolute atomic E-state index is 0.0229. The van der Waals surface area contributed by atoms with Crippen LogP contribution >= 0.6 is 0 Å². The van der Waals surface area contributed by atoms with Crippen molar-refractivity contribution in [3.05, 3.63) is 59.4 Å². The van der Waals surface area contributed by atoms with Crippen LogP contribution in [0.15, 0.2) is 47.4 Å². The van der Waals surface area contributed by atoms with Crippen molar-refractivity contribution in [2.45, 2.75) is 31.6 Å². The zero-order valence-electron chi connectivity index (χ0n) is 19.7. The molecule has 0 radical (unpaired) electrons. The standard InChI is InChI=1S/C24H26N4O6S/c1-4-27(5-2)35(32,33)16-10-11-20-19(14-16)25-21(26(20)3)12-13-22(29)34-15-28-23(30)17-8-6-7-9-18(17)24(28)31/h6-11,14H,4-5,12-13,15H2,1-3H3. The van der Waals surface area contributed by atoms with Gasteiger partial charge >= 0.3 is 5.97 Å². The molecule has 3 aromatic rings. The number of rotatable bonds is 9. The summed E-state index contributed by atoms with van der Waals surface area (Å²) >= 11 is 0. The third-order valence-electron chi connectivity index (χ3n) is 6.07. The zero-order valence-corrected chi connectivity index (χ0v) is 20.5. The molecule has 0 unspecified atom stereocenters. The molecule has 0 fully saturated rings. The topological polar surface area (TPSA) is 119 Å². The molecule has 35 heavy (non-hydrogen) atoms. The van der Waals surface area contributed by atoms with Crippen molar-refractivity contribution < 1.29 is 27.5 Å². The van der Waals surface area contributed by atoms with Gasteiger partial charge in [0.1, 0.15) is 5.82 Å². The second kappa shape index (κ2) is 9.59. The molecule has 10 nitrogen and oxygen atoms in total. The molecule has 1 aliphatic heterocycles. The number of hydrogen-bond acceptors (Lipinski definition) is 7. The molecule has 1 aliphatic rings. The number of aryl methyl sites for hydroxylation is 2. The van der Waals surface area contributed by atoms with Crippen molar-refractivity contribution in [1.82, 2.24) is 18.8 Å². The number of nitrogens with zero attached hydrogens (tertiary/aromatic N) is 4. The predicted molar refractivity (Wildman–Crippen MR) is 127 cm³/mol. The van der Waals surface area contributed by atoms with Crippen molar-refractivity contribution in [3.63, 3.8) is 0 Å². The van der Waals surface area contributed by atoms with Crippen LogP contribution < -0.4 is 0 Å². The Morgan fingerprint density at radius 2 is 1.66 bits per heavy atom. The number of esters is 1. The van der Waals surface area contributed by atoms with Gasteiger partial charge in [-0.25, -0.2) is 18.3 Å². The van der Waals surface area contributed by atoms with Gasteiger partial charge in [0.25, 0.3) is 11.8 Å². The van der Waals surface area contributed by atoms with Crippen LogP contribution in [0.5, 0.6) is 0 Å². The third-order valence-corrected chi connectivity index (χ3v) is 8.12. The molecule has 184 valence electrons. The van der Waals surface area contributed by atoms with E-state index in [1.807, 2.05) is 0 Å². The van der Waals surface area contributed by atoms with E-state index in [2.05, 4.69) is 4.98 Å². The Bertz CT molecular complexity index is 1390. The van der Waals surface area contributed by atoms with E-state index < -0.39 is 34.5 Å². The molecule has 2 aromatic carbocycles. The van der Waals surface area contributed by atoms with Gasteiger partial charge in [0.2, 0.25) is 10.0 Å². The molecule has 4 rings (SSSR count). The fourth-order valence-corrected chi connectivity index (χ4v) is 5.58. The molecule has 0 saturated heterocycles. The maximum absolute atomic E-state index is 12.8. The monoisotopic (exact) mass is 498 g/mol. The average Bonchev–Trinajstić information content (AvgIpc) is 3.30. The normalized spacial score (nSPS) is 13.7. The SMILES string of the molecule is CCN(CC)S(=O)(=O)c1ccc2c(c1)nc(CCC(=O)OCN1C(=O)c3ccccc3C1=O)n2C. The van der Waals surface area contributed by atoms with Gasteiger partial charge in [-0.05, 0) is 30.3 Å². The van der Waals surface area contributed by atoms with Gasteiger partial charge in [-0.2, -0.15) is 4.31 Å². The van der Waals surface area contributed by atoms with Crippen molar-refractivity contribution in [2.24, 2.45) is 7.05 Å². The molecule has 2 amide bonds. The predicted octanol–water partition coefficient (Wildman–Crippen LogP) is 2.33. The number of fused-ring (bicyclic) bond motifs is 2. The summed E-state index contributed by atoms with van der Waals surface area (Å²) < 4.78 is 34.0. The van der Waals surface area contributed by atoms with E-state index in [0.29, 0.717) is 24.4 Å². The first-order chi connectivity index (χ1) is 16.7. The van der Waals surface area contributed by atoms with Gasteiger partial charge in [0.05, 0.1) is 33.5 Å². The molecular formula is C24H26N4O6S. The number of hydrogen-bond donors (Lipinski definition) is 0. The van der Waals surface area contributed by atoms with Gasteiger partial charge < -0.3 is 9.30 Å². The van der Waals surface area contributed by atoms with Crippen LogP contribution in [0.3, 0.4) is 0 Å². The number of carbonyl (C=O) groups is 3. The highest BCUT2D eigenvalue weighted by Gasteiger charge is 2.35. The van der Waals surface area contributed by atoms with Gasteiger partial charge in [-0.1, -0.05) is 26.0 Å². The Labute approximate surface area is 203 Å². The first-order valence-corrected chi connectivity index (χ1v) is 12.7. The van der Waals surface area contributed by atoms with Gasteiger partial charge in [0, 0.05) is 26.6 Å². The first kappa shape index (κ1) is 24.6. The highest BCUT2D eigenvalue weighted by atomic mass is 32.2.